The molecule has 2 heterocycles. The Labute approximate surface area is 122 Å². The van der Waals surface area contributed by atoms with E-state index in [1.807, 2.05) is 50.6 Å². The molecule has 1 unspecified atom stereocenters. The van der Waals surface area contributed by atoms with E-state index in [4.69, 9.17) is 0 Å². The molecule has 0 radical (unpaired) electrons. The Morgan fingerprint density at radius 1 is 1.35 bits per heavy atom. The van der Waals surface area contributed by atoms with Gasteiger partial charge in [-0.3, -0.25) is 4.98 Å². The Morgan fingerprint density at radius 3 is 2.60 bits per heavy atom. The van der Waals surface area contributed by atoms with Gasteiger partial charge in [-0.1, -0.05) is 10.5 Å². The highest BCUT2D eigenvalue weighted by atomic mass is 32.2. The lowest BCUT2D eigenvalue weighted by Crippen LogP contribution is -2.27. The van der Waals surface area contributed by atoms with E-state index in [2.05, 4.69) is 14.4 Å². The number of nitrogens with zero attached hydrogens (tertiary/aromatic N) is 4. The molecule has 0 spiro atoms. The van der Waals surface area contributed by atoms with E-state index in [9.17, 15) is 4.55 Å². The Bertz CT molecular complexity index is 601. The van der Waals surface area contributed by atoms with Crippen molar-refractivity contribution >= 4 is 17.1 Å². The molecule has 20 heavy (non-hydrogen) atoms. The average Bonchev–Trinajstić information content (AvgIpc) is 2.81. The minimum absolute atomic E-state index is 0.418. The third-order valence-corrected chi connectivity index (χ3v) is 4.06. The summed E-state index contributed by atoms with van der Waals surface area (Å²) in [5, 5.41) is 0. The molecule has 0 saturated carbocycles. The van der Waals surface area contributed by atoms with Gasteiger partial charge in [0.2, 0.25) is 0 Å². The van der Waals surface area contributed by atoms with Gasteiger partial charge in [0.1, 0.15) is 16.1 Å². The summed E-state index contributed by atoms with van der Waals surface area (Å²) in [5.41, 5.74) is 2.08. The summed E-state index contributed by atoms with van der Waals surface area (Å²) in [6, 6.07) is 5.57. The van der Waals surface area contributed by atoms with Crippen molar-refractivity contribution in [1.29, 1.82) is 0 Å². The monoisotopic (exact) mass is 290 g/mol. The van der Waals surface area contributed by atoms with Crippen LogP contribution in [0.2, 0.25) is 0 Å². The minimum Gasteiger partial charge on any atom is -0.591 e. The average molecular weight is 290 g/mol. The molecule has 1 atom stereocenters. The van der Waals surface area contributed by atoms with Gasteiger partial charge in [-0.25, -0.2) is 4.98 Å². The van der Waals surface area contributed by atoms with Crippen molar-refractivity contribution in [2.24, 2.45) is 11.4 Å². The van der Waals surface area contributed by atoms with Crippen LogP contribution < -0.4 is 0 Å². The maximum absolute atomic E-state index is 12.3. The molecule has 0 saturated heterocycles. The summed E-state index contributed by atoms with van der Waals surface area (Å²) < 4.78 is 18.1. The number of aromatic nitrogens is 3. The van der Waals surface area contributed by atoms with Crippen molar-refractivity contribution in [3.63, 3.8) is 0 Å². The van der Waals surface area contributed by atoms with E-state index in [0.717, 1.165) is 5.69 Å². The van der Waals surface area contributed by atoms with E-state index in [1.165, 1.54) is 0 Å². The highest BCUT2D eigenvalue weighted by Crippen LogP contribution is 2.20. The standard InChI is InChI=1S/C14H18N4OS/c1-14(2,3)20(19)17-13(11-7-5-6-8-16-11)12-9-15-10-18(12)4/h5-10H,1-4H3/b17-13-. The lowest BCUT2D eigenvalue weighted by atomic mass is 10.2. The lowest BCUT2D eigenvalue weighted by molar-refractivity contribution is 0.561. The van der Waals surface area contributed by atoms with Crippen LogP contribution in [-0.2, 0) is 18.4 Å². The van der Waals surface area contributed by atoms with Crippen LogP contribution in [0.4, 0.5) is 0 Å². The molecule has 6 heteroatoms. The Kier molecular flexibility index (Phi) is 4.25. The van der Waals surface area contributed by atoms with E-state index in [1.54, 1.807) is 18.7 Å². The van der Waals surface area contributed by atoms with Gasteiger partial charge in [0, 0.05) is 13.2 Å². The first kappa shape index (κ1) is 14.7. The first-order chi connectivity index (χ1) is 9.39. The summed E-state index contributed by atoms with van der Waals surface area (Å²) in [4.78, 5) is 8.40. The quantitative estimate of drug-likeness (QED) is 0.642. The highest BCUT2D eigenvalue weighted by molar-refractivity contribution is 7.91. The zero-order chi connectivity index (χ0) is 14.8. The van der Waals surface area contributed by atoms with Gasteiger partial charge in [-0.2, -0.15) is 0 Å². The van der Waals surface area contributed by atoms with Crippen molar-refractivity contribution in [3.05, 3.63) is 48.3 Å². The van der Waals surface area contributed by atoms with Crippen LogP contribution >= 0.6 is 0 Å². The Morgan fingerprint density at radius 2 is 2.10 bits per heavy atom. The molecule has 106 valence electrons. The number of rotatable bonds is 3. The minimum atomic E-state index is -1.35. The molecule has 0 N–H and O–H groups in total. The fourth-order valence-corrected chi connectivity index (χ4v) is 2.16. The molecule has 0 fully saturated rings. The van der Waals surface area contributed by atoms with Crippen molar-refractivity contribution < 1.29 is 4.55 Å². The van der Waals surface area contributed by atoms with Gasteiger partial charge in [0.05, 0.1) is 23.9 Å². The Balaban J connectivity index is 2.52. The number of imidazole rings is 1. The molecule has 0 amide bonds. The molecule has 0 aliphatic heterocycles. The van der Waals surface area contributed by atoms with Crippen LogP contribution in [0.1, 0.15) is 32.2 Å². The van der Waals surface area contributed by atoms with Crippen LogP contribution in [0.15, 0.2) is 41.3 Å². The second kappa shape index (κ2) is 5.76. The maximum Gasteiger partial charge on any atom is 0.165 e. The van der Waals surface area contributed by atoms with Crippen molar-refractivity contribution in [1.82, 2.24) is 14.5 Å². The molecular weight excluding hydrogens is 272 g/mol. The molecule has 0 aromatic carbocycles. The molecule has 0 aliphatic carbocycles. The predicted octanol–water partition coefficient (Wildman–Crippen LogP) is 2.11. The zero-order valence-corrected chi connectivity index (χ0v) is 12.9. The molecule has 2 rings (SSSR count). The van der Waals surface area contributed by atoms with Gasteiger partial charge in [-0.15, -0.1) is 0 Å². The van der Waals surface area contributed by atoms with Gasteiger partial charge >= 0.3 is 0 Å². The smallest absolute Gasteiger partial charge is 0.165 e. The molecule has 2 aromatic rings. The molecule has 5 nitrogen and oxygen atoms in total. The summed E-state index contributed by atoms with van der Waals surface area (Å²) in [5.74, 6) is 0. The first-order valence-electron chi connectivity index (χ1n) is 6.28. The number of pyridine rings is 1. The second-order valence-corrected chi connectivity index (χ2v) is 7.31. The first-order valence-corrected chi connectivity index (χ1v) is 7.39. The van der Waals surface area contributed by atoms with Gasteiger partial charge in [-0.05, 0) is 32.9 Å². The second-order valence-electron chi connectivity index (χ2n) is 5.41. The summed E-state index contributed by atoms with van der Waals surface area (Å²) >= 11 is -1.35. The fraction of sp³-hybridized carbons (Fsp3) is 0.357. The number of hydrogen-bond donors (Lipinski definition) is 0. The molecule has 0 aliphatic rings. The van der Waals surface area contributed by atoms with E-state index >= 15 is 0 Å². The highest BCUT2D eigenvalue weighted by Gasteiger charge is 2.28. The SMILES string of the molecule is Cn1cncc1/C(=N\[S+]([O-])C(C)(C)C)c1ccccn1. The number of hydrogen-bond acceptors (Lipinski definition) is 4. The van der Waals surface area contributed by atoms with Crippen molar-refractivity contribution in [3.8, 4) is 0 Å². The van der Waals surface area contributed by atoms with Crippen LogP contribution in [-0.4, -0.2) is 29.5 Å². The summed E-state index contributed by atoms with van der Waals surface area (Å²) in [7, 11) is 1.88. The van der Waals surface area contributed by atoms with Crippen molar-refractivity contribution in [2.75, 3.05) is 0 Å². The normalized spacial score (nSPS) is 14.3. The Hall–Kier alpha value is -1.66. The largest absolute Gasteiger partial charge is 0.591 e. The number of aryl methyl sites for hydroxylation is 1. The molecule has 0 bridgehead atoms. The summed E-state index contributed by atoms with van der Waals surface area (Å²) in [6.07, 6.45) is 5.09. The van der Waals surface area contributed by atoms with Gasteiger partial charge in [0.15, 0.2) is 5.71 Å². The summed E-state index contributed by atoms with van der Waals surface area (Å²) in [6.45, 7) is 5.68. The lowest BCUT2D eigenvalue weighted by Gasteiger charge is -2.19. The van der Waals surface area contributed by atoms with Gasteiger partial charge in [0.25, 0.3) is 0 Å². The van der Waals surface area contributed by atoms with Crippen molar-refractivity contribution in [2.45, 2.75) is 25.5 Å². The zero-order valence-electron chi connectivity index (χ0n) is 12.1. The topological polar surface area (TPSA) is 66.1 Å². The van der Waals surface area contributed by atoms with E-state index in [-0.39, 0.29) is 0 Å². The molecular formula is C14H18N4OS. The van der Waals surface area contributed by atoms with E-state index < -0.39 is 16.1 Å². The third-order valence-electron chi connectivity index (χ3n) is 2.66. The van der Waals surface area contributed by atoms with Crippen LogP contribution in [0, 0.1) is 0 Å². The van der Waals surface area contributed by atoms with Crippen LogP contribution in [0.25, 0.3) is 0 Å². The maximum atomic E-state index is 12.3. The van der Waals surface area contributed by atoms with Crippen LogP contribution in [0.3, 0.4) is 0 Å². The van der Waals surface area contributed by atoms with E-state index in [0.29, 0.717) is 11.4 Å². The third kappa shape index (κ3) is 3.26. The molecule has 2 aromatic heterocycles. The van der Waals surface area contributed by atoms with Crippen LogP contribution in [0.5, 0.6) is 0 Å². The fourth-order valence-electron chi connectivity index (χ4n) is 1.53. The predicted molar refractivity (Wildman–Crippen MR) is 81.0 cm³/mol. The van der Waals surface area contributed by atoms with Gasteiger partial charge < -0.3 is 9.12 Å².